The summed E-state index contributed by atoms with van der Waals surface area (Å²) in [7, 11) is -2.59. The van der Waals surface area contributed by atoms with E-state index in [0.29, 0.717) is 5.56 Å². The van der Waals surface area contributed by atoms with Gasteiger partial charge in [0.2, 0.25) is 13.8 Å². The molecule has 2 rings (SSSR count). The van der Waals surface area contributed by atoms with Crippen molar-refractivity contribution in [1.29, 1.82) is 0 Å². The molecule has 0 saturated carbocycles. The third-order valence-corrected chi connectivity index (χ3v) is 7.00. The molecule has 0 heterocycles. The second-order valence-corrected chi connectivity index (χ2v) is 10.9. The minimum Gasteiger partial charge on any atom is -0.468 e. The second kappa shape index (κ2) is 9.69. The van der Waals surface area contributed by atoms with Crippen molar-refractivity contribution in [2.75, 3.05) is 12.9 Å². The van der Waals surface area contributed by atoms with Crippen LogP contribution in [0.25, 0.3) is 0 Å². The summed E-state index contributed by atoms with van der Waals surface area (Å²) in [6.45, 7) is 1.82. The molecule has 10 heteroatoms. The average molecular weight is 483 g/mol. The minimum absolute atomic E-state index is 0.0659. The van der Waals surface area contributed by atoms with Crippen molar-refractivity contribution in [3.8, 4) is 0 Å². The van der Waals surface area contributed by atoms with Gasteiger partial charge >= 0.3 is 5.97 Å². The molecule has 0 aromatic heterocycles. The van der Waals surface area contributed by atoms with Gasteiger partial charge in [0.1, 0.15) is 0 Å². The molecule has 0 bridgehead atoms. The Hall–Kier alpha value is -0.960. The van der Waals surface area contributed by atoms with Crippen LogP contribution in [0, 0.1) is 6.92 Å². The molecule has 2 aromatic rings. The number of halogens is 3. The van der Waals surface area contributed by atoms with Crippen molar-refractivity contribution in [2.24, 2.45) is 0 Å². The van der Waals surface area contributed by atoms with Gasteiger partial charge in [-0.2, -0.15) is 4.72 Å². The Balaban J connectivity index is 2.31. The van der Waals surface area contributed by atoms with E-state index in [-0.39, 0.29) is 16.6 Å². The lowest BCUT2D eigenvalue weighted by Crippen LogP contribution is -2.36. The molecule has 0 radical (unpaired) electrons. The highest BCUT2D eigenvalue weighted by Gasteiger charge is 2.37. The van der Waals surface area contributed by atoms with Crippen LogP contribution >= 0.6 is 46.6 Å². The number of esters is 1. The SMILES string of the molecule is COC(=O)CSc1ccc(C(NS(=O)(=O)c2ccccc2)C(Cl)(Cl)Cl)cc1C. The number of rotatable bonds is 7. The number of hydrogen-bond acceptors (Lipinski definition) is 5. The van der Waals surface area contributed by atoms with Crippen molar-refractivity contribution in [3.05, 3.63) is 59.7 Å². The van der Waals surface area contributed by atoms with Gasteiger partial charge in [-0.1, -0.05) is 65.1 Å². The summed E-state index contributed by atoms with van der Waals surface area (Å²) in [6, 6.07) is 11.9. The number of hydrogen-bond donors (Lipinski definition) is 1. The number of ether oxygens (including phenoxy) is 1. The Morgan fingerprint density at radius 1 is 1.18 bits per heavy atom. The molecule has 0 aliphatic rings. The highest BCUT2D eigenvalue weighted by molar-refractivity contribution is 8.00. The van der Waals surface area contributed by atoms with E-state index < -0.39 is 19.9 Å². The Morgan fingerprint density at radius 2 is 1.82 bits per heavy atom. The highest BCUT2D eigenvalue weighted by Crippen LogP contribution is 2.41. The largest absolute Gasteiger partial charge is 0.468 e. The lowest BCUT2D eigenvalue weighted by atomic mass is 10.1. The monoisotopic (exact) mass is 481 g/mol. The molecule has 5 nitrogen and oxygen atoms in total. The van der Waals surface area contributed by atoms with E-state index in [1.807, 2.05) is 6.92 Å². The summed E-state index contributed by atoms with van der Waals surface area (Å²) >= 11 is 19.5. The number of methoxy groups -OCH3 is 1. The van der Waals surface area contributed by atoms with Gasteiger partial charge in [-0.3, -0.25) is 4.79 Å². The van der Waals surface area contributed by atoms with Gasteiger partial charge in [-0.15, -0.1) is 11.8 Å². The van der Waals surface area contributed by atoms with Crippen LogP contribution in [0.2, 0.25) is 0 Å². The summed E-state index contributed by atoms with van der Waals surface area (Å²) in [5.74, 6) is -0.186. The van der Waals surface area contributed by atoms with Crippen LogP contribution in [0.5, 0.6) is 0 Å². The zero-order valence-electron chi connectivity index (χ0n) is 15.0. The van der Waals surface area contributed by atoms with Crippen molar-refractivity contribution >= 4 is 62.6 Å². The topological polar surface area (TPSA) is 72.5 Å². The van der Waals surface area contributed by atoms with Gasteiger partial charge in [-0.25, -0.2) is 8.42 Å². The molecule has 0 saturated heterocycles. The molecular formula is C18H18Cl3NO4S2. The molecule has 152 valence electrons. The molecule has 1 atom stereocenters. The summed E-state index contributed by atoms with van der Waals surface area (Å²) in [5.41, 5.74) is 1.30. The first-order valence-electron chi connectivity index (χ1n) is 7.99. The van der Waals surface area contributed by atoms with Crippen LogP contribution in [0.4, 0.5) is 0 Å². The third kappa shape index (κ3) is 6.27. The lowest BCUT2D eigenvalue weighted by Gasteiger charge is -2.26. The molecular weight excluding hydrogens is 465 g/mol. The Labute approximate surface area is 183 Å². The summed E-state index contributed by atoms with van der Waals surface area (Å²) < 4.78 is 30.5. The van der Waals surface area contributed by atoms with Crippen molar-refractivity contribution < 1.29 is 17.9 Å². The summed E-state index contributed by atoms with van der Waals surface area (Å²) in [4.78, 5) is 12.2. The van der Waals surface area contributed by atoms with Crippen LogP contribution in [0.15, 0.2) is 58.3 Å². The van der Waals surface area contributed by atoms with Gasteiger partial charge in [0, 0.05) is 4.90 Å². The van der Waals surface area contributed by atoms with Gasteiger partial charge in [0.05, 0.1) is 23.8 Å². The first kappa shape index (κ1) is 23.3. The smallest absolute Gasteiger partial charge is 0.315 e. The molecule has 0 spiro atoms. The number of sulfonamides is 1. The number of aryl methyl sites for hydroxylation is 1. The predicted octanol–water partition coefficient (Wildman–Crippen LogP) is 4.65. The first-order chi connectivity index (χ1) is 13.0. The van der Waals surface area contributed by atoms with Crippen LogP contribution in [-0.4, -0.2) is 31.0 Å². The normalized spacial score (nSPS) is 13.2. The fraction of sp³-hybridized carbons (Fsp3) is 0.278. The zero-order valence-corrected chi connectivity index (χ0v) is 18.9. The number of thioether (sulfide) groups is 1. The molecule has 0 fully saturated rings. The van der Waals surface area contributed by atoms with E-state index in [1.165, 1.54) is 31.0 Å². The van der Waals surface area contributed by atoms with E-state index in [2.05, 4.69) is 9.46 Å². The summed E-state index contributed by atoms with van der Waals surface area (Å²) in [5, 5.41) is 0. The van der Waals surface area contributed by atoms with Crippen LogP contribution in [0.1, 0.15) is 17.2 Å². The predicted molar refractivity (Wildman–Crippen MR) is 114 cm³/mol. The van der Waals surface area contributed by atoms with Crippen molar-refractivity contribution in [2.45, 2.75) is 26.5 Å². The Kier molecular flexibility index (Phi) is 8.07. The van der Waals surface area contributed by atoms with E-state index in [0.717, 1.165) is 10.5 Å². The molecule has 0 amide bonds. The standard InChI is InChI=1S/C18H18Cl3NO4S2/c1-12-10-13(8-9-15(12)27-11-16(23)26-2)17(18(19,20)21)22-28(24,25)14-6-4-3-5-7-14/h3-10,17,22H,11H2,1-2H3. The van der Waals surface area contributed by atoms with Crippen LogP contribution in [0.3, 0.4) is 0 Å². The van der Waals surface area contributed by atoms with Gasteiger partial charge < -0.3 is 4.74 Å². The van der Waals surface area contributed by atoms with Crippen molar-refractivity contribution in [3.63, 3.8) is 0 Å². The fourth-order valence-corrected chi connectivity index (χ4v) is 5.21. The van der Waals surface area contributed by atoms with E-state index in [4.69, 9.17) is 34.8 Å². The van der Waals surface area contributed by atoms with E-state index >= 15 is 0 Å². The van der Waals surface area contributed by atoms with Gasteiger partial charge in [0.25, 0.3) is 0 Å². The van der Waals surface area contributed by atoms with Crippen molar-refractivity contribution in [1.82, 2.24) is 4.72 Å². The minimum atomic E-state index is -3.91. The van der Waals surface area contributed by atoms with Gasteiger partial charge in [0.15, 0.2) is 0 Å². The third-order valence-electron chi connectivity index (χ3n) is 3.76. The maximum absolute atomic E-state index is 12.7. The highest BCUT2D eigenvalue weighted by atomic mass is 35.6. The van der Waals surface area contributed by atoms with Crippen LogP contribution < -0.4 is 4.72 Å². The maximum atomic E-state index is 12.7. The van der Waals surface area contributed by atoms with Gasteiger partial charge in [-0.05, 0) is 36.2 Å². The van der Waals surface area contributed by atoms with E-state index in [9.17, 15) is 13.2 Å². The number of benzene rings is 2. The van der Waals surface area contributed by atoms with E-state index in [1.54, 1.807) is 36.4 Å². The molecule has 2 aromatic carbocycles. The number of alkyl halides is 3. The second-order valence-electron chi connectivity index (χ2n) is 5.80. The Bertz CT molecular complexity index is 932. The lowest BCUT2D eigenvalue weighted by molar-refractivity contribution is -0.137. The number of nitrogens with one attached hydrogen (secondary N) is 1. The fourth-order valence-electron chi connectivity index (χ4n) is 2.36. The quantitative estimate of drug-likeness (QED) is 0.353. The first-order valence-corrected chi connectivity index (χ1v) is 11.6. The zero-order chi connectivity index (χ0) is 20.9. The average Bonchev–Trinajstić information content (AvgIpc) is 2.64. The van der Waals surface area contributed by atoms with Crippen LogP contribution in [-0.2, 0) is 19.6 Å². The maximum Gasteiger partial charge on any atom is 0.315 e. The summed E-state index contributed by atoms with van der Waals surface area (Å²) in [6.07, 6.45) is 0. The molecule has 0 aliphatic heterocycles. The molecule has 0 aliphatic carbocycles. The molecule has 1 unspecified atom stereocenters. The number of carbonyl (C=O) groups is 1. The molecule has 28 heavy (non-hydrogen) atoms. The number of carbonyl (C=O) groups excluding carboxylic acids is 1. The molecule has 1 N–H and O–H groups in total. The Morgan fingerprint density at radius 3 is 2.36 bits per heavy atom.